The van der Waals surface area contributed by atoms with Crippen LogP contribution >= 0.6 is 11.3 Å². The Kier molecular flexibility index (Phi) is 9.00. The monoisotopic (exact) mass is 665 g/mol. The van der Waals surface area contributed by atoms with Crippen LogP contribution in [0, 0.1) is 6.92 Å². The van der Waals surface area contributed by atoms with E-state index >= 15 is 0 Å². The lowest BCUT2D eigenvalue weighted by molar-refractivity contribution is 0.0193. The van der Waals surface area contributed by atoms with Gasteiger partial charge in [-0.1, -0.05) is 42.5 Å². The van der Waals surface area contributed by atoms with Gasteiger partial charge in [-0.25, -0.2) is 9.78 Å². The Morgan fingerprint density at radius 3 is 2.42 bits per heavy atom. The first-order valence-corrected chi connectivity index (χ1v) is 17.2. The van der Waals surface area contributed by atoms with Gasteiger partial charge < -0.3 is 24.5 Å². The summed E-state index contributed by atoms with van der Waals surface area (Å²) < 4.78 is 5.60. The molecule has 1 atom stereocenters. The molecule has 4 heterocycles. The maximum atomic E-state index is 15.0. The van der Waals surface area contributed by atoms with Crippen molar-refractivity contribution in [3.63, 3.8) is 0 Å². The SMILES string of the molecule is Cc1sc(C(=O)N(C)c2ccccc2)nc1-c1cc2c(cc1C(=O)N1Cc3ccccc3C[C@H]1CN1CCOCC1)CN(C(=O)O)CC2. The number of carbonyl (C=O) groups is 3. The summed E-state index contributed by atoms with van der Waals surface area (Å²) in [6.45, 7) is 6.73. The predicted octanol–water partition coefficient (Wildman–Crippen LogP) is 5.33. The average Bonchev–Trinajstić information content (AvgIpc) is 3.51. The van der Waals surface area contributed by atoms with Crippen LogP contribution in [0.1, 0.15) is 47.3 Å². The van der Waals surface area contributed by atoms with E-state index in [9.17, 15) is 19.5 Å². The molecule has 3 amide bonds. The number of carbonyl (C=O) groups excluding carboxylic acids is 2. The van der Waals surface area contributed by atoms with Gasteiger partial charge in [0, 0.05) is 74.0 Å². The normalized spacial score (nSPS) is 17.8. The van der Waals surface area contributed by atoms with Crippen molar-refractivity contribution < 1.29 is 24.2 Å². The van der Waals surface area contributed by atoms with Gasteiger partial charge >= 0.3 is 6.09 Å². The van der Waals surface area contributed by atoms with Crippen LogP contribution in [0.3, 0.4) is 0 Å². The summed E-state index contributed by atoms with van der Waals surface area (Å²) in [5.74, 6) is -0.337. The summed E-state index contributed by atoms with van der Waals surface area (Å²) in [4.78, 5) is 53.5. The van der Waals surface area contributed by atoms with E-state index in [2.05, 4.69) is 23.1 Å². The molecule has 0 radical (unpaired) electrons. The van der Waals surface area contributed by atoms with Crippen molar-refractivity contribution >= 4 is 34.9 Å². The molecule has 0 saturated carbocycles. The fourth-order valence-electron chi connectivity index (χ4n) is 7.02. The second-order valence-corrected chi connectivity index (χ2v) is 13.9. The first-order chi connectivity index (χ1) is 23.3. The highest BCUT2D eigenvalue weighted by Gasteiger charge is 2.35. The number of nitrogens with zero attached hydrogens (tertiary/aromatic N) is 5. The molecule has 1 aromatic heterocycles. The Balaban J connectivity index is 1.29. The largest absolute Gasteiger partial charge is 0.465 e. The number of para-hydroxylation sites is 1. The van der Waals surface area contributed by atoms with Crippen molar-refractivity contribution in [1.29, 1.82) is 0 Å². The third-order valence-corrected chi connectivity index (χ3v) is 10.7. The summed E-state index contributed by atoms with van der Waals surface area (Å²) in [7, 11) is 1.74. The Morgan fingerprint density at radius 2 is 1.67 bits per heavy atom. The fraction of sp³-hybridized carbons (Fsp3) is 0.351. The third kappa shape index (κ3) is 6.33. The molecule has 1 fully saturated rings. The number of rotatable bonds is 6. The van der Waals surface area contributed by atoms with E-state index in [-0.39, 0.29) is 24.4 Å². The number of ether oxygens (including phenoxy) is 1. The number of fused-ring (bicyclic) bond motifs is 2. The van der Waals surface area contributed by atoms with Gasteiger partial charge in [0.2, 0.25) is 0 Å². The van der Waals surface area contributed by atoms with Crippen LogP contribution in [0.5, 0.6) is 0 Å². The maximum Gasteiger partial charge on any atom is 0.407 e. The average molecular weight is 666 g/mol. The zero-order valence-electron chi connectivity index (χ0n) is 27.2. The topological polar surface area (TPSA) is 107 Å². The minimum atomic E-state index is -0.975. The molecule has 11 heteroatoms. The van der Waals surface area contributed by atoms with E-state index in [4.69, 9.17) is 9.72 Å². The molecule has 1 saturated heterocycles. The van der Waals surface area contributed by atoms with Crippen LogP contribution in [-0.2, 0) is 30.7 Å². The van der Waals surface area contributed by atoms with Gasteiger partial charge in [-0.2, -0.15) is 0 Å². The molecular weight excluding hydrogens is 627 g/mol. The van der Waals surface area contributed by atoms with E-state index in [0.29, 0.717) is 54.6 Å². The van der Waals surface area contributed by atoms with Crippen molar-refractivity contribution in [3.05, 3.63) is 104 Å². The molecular formula is C37H39N5O5S. The highest BCUT2D eigenvalue weighted by molar-refractivity contribution is 7.14. The van der Waals surface area contributed by atoms with Crippen LogP contribution in [0.15, 0.2) is 66.7 Å². The number of anilines is 1. The number of carboxylic acid groups (broad SMARTS) is 1. The predicted molar refractivity (Wildman–Crippen MR) is 185 cm³/mol. The summed E-state index contributed by atoms with van der Waals surface area (Å²) in [5.41, 5.74) is 6.74. The van der Waals surface area contributed by atoms with Crippen molar-refractivity contribution in [3.8, 4) is 11.3 Å². The van der Waals surface area contributed by atoms with Crippen molar-refractivity contribution in [2.45, 2.75) is 38.9 Å². The van der Waals surface area contributed by atoms with E-state index < -0.39 is 6.09 Å². The number of aryl methyl sites for hydroxylation is 1. The van der Waals surface area contributed by atoms with Gasteiger partial charge in [0.05, 0.1) is 18.9 Å². The Hall–Kier alpha value is -4.58. The van der Waals surface area contributed by atoms with Gasteiger partial charge in [0.15, 0.2) is 5.01 Å². The molecule has 7 rings (SSSR count). The summed E-state index contributed by atoms with van der Waals surface area (Å²) in [6, 6.07) is 21.6. The number of thiazole rings is 1. The molecule has 3 aromatic carbocycles. The molecule has 4 aromatic rings. The Labute approximate surface area is 284 Å². The second kappa shape index (κ2) is 13.5. The maximum absolute atomic E-state index is 15.0. The molecule has 248 valence electrons. The van der Waals surface area contributed by atoms with Crippen LogP contribution in [-0.4, -0.2) is 95.2 Å². The number of benzene rings is 3. The first kappa shape index (κ1) is 32.0. The lowest BCUT2D eigenvalue weighted by atomic mass is 9.89. The Bertz CT molecular complexity index is 1850. The minimum Gasteiger partial charge on any atom is -0.465 e. The van der Waals surface area contributed by atoms with Crippen LogP contribution in [0.25, 0.3) is 11.3 Å². The van der Waals surface area contributed by atoms with Crippen LogP contribution in [0.2, 0.25) is 0 Å². The minimum absolute atomic E-state index is 0.0573. The molecule has 0 aliphatic carbocycles. The summed E-state index contributed by atoms with van der Waals surface area (Å²) in [5, 5.41) is 10.1. The molecule has 3 aliphatic heterocycles. The van der Waals surface area contributed by atoms with Gasteiger partial charge in [-0.05, 0) is 66.3 Å². The van der Waals surface area contributed by atoms with Crippen molar-refractivity contribution in [1.82, 2.24) is 19.7 Å². The number of hydrogen-bond donors (Lipinski definition) is 1. The summed E-state index contributed by atoms with van der Waals surface area (Å²) >= 11 is 1.32. The standard InChI is InChI=1S/C37H39N5O5S/c1-24-33(38-34(48-24)36(44)39(2)29-10-4-3-5-11-29)31-19-26-12-13-41(37(45)46)21-28(26)20-32(31)35(43)42-22-27-9-7-6-8-25(27)18-30(42)23-40-14-16-47-17-15-40/h3-11,19-20,30H,12-18,21-23H2,1-2H3,(H,45,46)/t30-/m0/s1. The molecule has 3 aliphatic rings. The van der Waals surface area contributed by atoms with Gasteiger partial charge in [0.1, 0.15) is 0 Å². The van der Waals surface area contributed by atoms with Gasteiger partial charge in [0.25, 0.3) is 11.8 Å². The van der Waals surface area contributed by atoms with Crippen LogP contribution < -0.4 is 4.90 Å². The Morgan fingerprint density at radius 1 is 0.938 bits per heavy atom. The molecule has 48 heavy (non-hydrogen) atoms. The van der Waals surface area contributed by atoms with E-state index in [1.807, 2.05) is 60.4 Å². The third-order valence-electron chi connectivity index (χ3n) is 9.72. The molecule has 0 unspecified atom stereocenters. The quantitative estimate of drug-likeness (QED) is 0.297. The molecule has 10 nitrogen and oxygen atoms in total. The highest BCUT2D eigenvalue weighted by Crippen LogP contribution is 2.37. The van der Waals surface area contributed by atoms with Crippen molar-refractivity contribution in [2.24, 2.45) is 0 Å². The molecule has 0 spiro atoms. The first-order valence-electron chi connectivity index (χ1n) is 16.4. The number of aromatic nitrogens is 1. The van der Waals surface area contributed by atoms with Gasteiger partial charge in [-0.3, -0.25) is 14.5 Å². The van der Waals surface area contributed by atoms with E-state index in [0.717, 1.165) is 53.3 Å². The van der Waals surface area contributed by atoms with Crippen LogP contribution in [0.4, 0.5) is 10.5 Å². The molecule has 1 N–H and O–H groups in total. The van der Waals surface area contributed by atoms with E-state index in [1.165, 1.54) is 21.8 Å². The second-order valence-electron chi connectivity index (χ2n) is 12.7. The zero-order valence-corrected chi connectivity index (χ0v) is 28.0. The van der Waals surface area contributed by atoms with E-state index in [1.54, 1.807) is 11.9 Å². The summed E-state index contributed by atoms with van der Waals surface area (Å²) in [6.07, 6.45) is 0.301. The smallest absolute Gasteiger partial charge is 0.407 e. The number of hydrogen-bond acceptors (Lipinski definition) is 7. The number of amides is 3. The highest BCUT2D eigenvalue weighted by atomic mass is 32.1. The number of morpholine rings is 1. The zero-order chi connectivity index (χ0) is 33.4. The lowest BCUT2D eigenvalue weighted by Gasteiger charge is -2.41. The van der Waals surface area contributed by atoms with Gasteiger partial charge in [-0.15, -0.1) is 11.3 Å². The van der Waals surface area contributed by atoms with Crippen molar-refractivity contribution in [2.75, 3.05) is 51.3 Å². The molecule has 0 bridgehead atoms. The lowest BCUT2D eigenvalue weighted by Crippen LogP contribution is -2.52. The fourth-order valence-corrected chi connectivity index (χ4v) is 7.92.